The first kappa shape index (κ1) is 22.1. The van der Waals surface area contributed by atoms with Crippen molar-refractivity contribution in [3.05, 3.63) is 24.3 Å². The molecule has 1 aromatic rings. The van der Waals surface area contributed by atoms with Crippen molar-refractivity contribution in [2.45, 2.75) is 49.8 Å². The van der Waals surface area contributed by atoms with Crippen LogP contribution in [0.3, 0.4) is 0 Å². The third kappa shape index (κ3) is 5.20. The van der Waals surface area contributed by atoms with Crippen molar-refractivity contribution in [1.82, 2.24) is 5.32 Å². The van der Waals surface area contributed by atoms with Crippen LogP contribution >= 0.6 is 0 Å². The molecule has 0 saturated heterocycles. The Morgan fingerprint density at radius 1 is 1.00 bits per heavy atom. The molecule has 0 aromatic heterocycles. The lowest BCUT2D eigenvalue weighted by atomic mass is 9.49. The predicted molar refractivity (Wildman–Crippen MR) is 113 cm³/mol. The van der Waals surface area contributed by atoms with Crippen molar-refractivity contribution >= 4 is 21.9 Å². The summed E-state index contributed by atoms with van der Waals surface area (Å²) in [6.07, 6.45) is 7.01. The Balaban J connectivity index is 1.12. The van der Waals surface area contributed by atoms with Crippen molar-refractivity contribution in [3.8, 4) is 5.75 Å². The molecule has 31 heavy (non-hydrogen) atoms. The summed E-state index contributed by atoms with van der Waals surface area (Å²) in [5.74, 6) is 2.30. The number of primary sulfonamides is 1. The molecule has 0 spiro atoms. The summed E-state index contributed by atoms with van der Waals surface area (Å²) in [6, 6.07) is 5.68. The number of carbonyl (C=O) groups is 2. The molecule has 1 amide bonds. The van der Waals surface area contributed by atoms with Crippen LogP contribution in [0.5, 0.6) is 5.75 Å². The smallest absolute Gasteiger partial charge is 0.307 e. The molecule has 4 aliphatic rings. The zero-order valence-electron chi connectivity index (χ0n) is 17.5. The average Bonchev–Trinajstić information content (AvgIpc) is 2.70. The fourth-order valence-corrected chi connectivity index (χ4v) is 6.48. The largest absolute Gasteiger partial charge is 0.490 e. The number of hydrogen-bond acceptors (Lipinski definition) is 6. The zero-order chi connectivity index (χ0) is 22.1. The minimum atomic E-state index is -3.74. The molecular formula is C22H30N2O6S. The van der Waals surface area contributed by atoms with Crippen molar-refractivity contribution in [2.75, 3.05) is 19.8 Å². The van der Waals surface area contributed by atoms with Crippen LogP contribution < -0.4 is 15.2 Å². The van der Waals surface area contributed by atoms with Gasteiger partial charge in [-0.1, -0.05) is 0 Å². The maximum Gasteiger partial charge on any atom is 0.307 e. The van der Waals surface area contributed by atoms with Gasteiger partial charge in [0.25, 0.3) is 0 Å². The molecule has 5 rings (SSSR count). The molecule has 1 aromatic carbocycles. The number of hydrogen-bond donors (Lipinski definition) is 2. The summed E-state index contributed by atoms with van der Waals surface area (Å²) in [5.41, 5.74) is -0.203. The van der Waals surface area contributed by atoms with E-state index in [2.05, 4.69) is 5.32 Å². The number of sulfonamides is 1. The number of carbonyl (C=O) groups excluding carboxylic acids is 2. The molecule has 170 valence electrons. The third-order valence-corrected chi connectivity index (χ3v) is 7.83. The highest BCUT2D eigenvalue weighted by Gasteiger charge is 2.54. The summed E-state index contributed by atoms with van der Waals surface area (Å²) >= 11 is 0. The van der Waals surface area contributed by atoms with Gasteiger partial charge in [0.1, 0.15) is 19.0 Å². The van der Waals surface area contributed by atoms with Gasteiger partial charge < -0.3 is 14.8 Å². The zero-order valence-corrected chi connectivity index (χ0v) is 18.4. The second-order valence-electron chi connectivity index (χ2n) is 9.29. The van der Waals surface area contributed by atoms with E-state index >= 15 is 0 Å². The van der Waals surface area contributed by atoms with Gasteiger partial charge in [-0.2, -0.15) is 0 Å². The van der Waals surface area contributed by atoms with Crippen LogP contribution in [0.2, 0.25) is 0 Å². The van der Waals surface area contributed by atoms with E-state index in [1.54, 1.807) is 0 Å². The number of ether oxygens (including phenoxy) is 2. The van der Waals surface area contributed by atoms with Crippen LogP contribution in [0, 0.1) is 23.2 Å². The van der Waals surface area contributed by atoms with E-state index in [9.17, 15) is 18.0 Å². The molecular weight excluding hydrogens is 420 g/mol. The Labute approximate surface area is 182 Å². The Kier molecular flexibility index (Phi) is 6.25. The highest BCUT2D eigenvalue weighted by molar-refractivity contribution is 7.89. The van der Waals surface area contributed by atoms with E-state index in [1.165, 1.54) is 43.5 Å². The van der Waals surface area contributed by atoms with Gasteiger partial charge in [-0.3, -0.25) is 9.59 Å². The van der Waals surface area contributed by atoms with Crippen LogP contribution in [-0.4, -0.2) is 40.1 Å². The van der Waals surface area contributed by atoms with Crippen molar-refractivity contribution < 1.29 is 27.5 Å². The molecule has 3 N–H and O–H groups in total. The molecule has 4 bridgehead atoms. The summed E-state index contributed by atoms with van der Waals surface area (Å²) < 4.78 is 33.0. The first-order chi connectivity index (χ1) is 14.7. The average molecular weight is 451 g/mol. The van der Waals surface area contributed by atoms with Crippen LogP contribution in [0.4, 0.5) is 0 Å². The van der Waals surface area contributed by atoms with Crippen molar-refractivity contribution in [3.63, 3.8) is 0 Å². The van der Waals surface area contributed by atoms with Crippen LogP contribution in [-0.2, 0) is 24.3 Å². The lowest BCUT2D eigenvalue weighted by Gasteiger charge is -2.55. The normalized spacial score (nSPS) is 28.9. The van der Waals surface area contributed by atoms with Crippen LogP contribution in [0.15, 0.2) is 29.2 Å². The molecule has 0 atom stereocenters. The van der Waals surface area contributed by atoms with Gasteiger partial charge >= 0.3 is 5.97 Å². The van der Waals surface area contributed by atoms with Gasteiger partial charge in [0.05, 0.1) is 11.3 Å². The molecule has 0 heterocycles. The van der Waals surface area contributed by atoms with E-state index in [0.29, 0.717) is 23.5 Å². The van der Waals surface area contributed by atoms with Gasteiger partial charge in [0.15, 0.2) is 0 Å². The first-order valence-corrected chi connectivity index (χ1v) is 12.5. The van der Waals surface area contributed by atoms with Crippen LogP contribution in [0.25, 0.3) is 0 Å². The lowest BCUT2D eigenvalue weighted by Crippen LogP contribution is -2.53. The molecule has 4 saturated carbocycles. The molecule has 0 radical (unpaired) electrons. The van der Waals surface area contributed by atoms with E-state index in [4.69, 9.17) is 14.6 Å². The summed E-state index contributed by atoms with van der Waals surface area (Å²) in [6.45, 7) is 0.494. The summed E-state index contributed by atoms with van der Waals surface area (Å²) in [7, 11) is -3.74. The molecule has 9 heteroatoms. The highest BCUT2D eigenvalue weighted by atomic mass is 32.2. The van der Waals surface area contributed by atoms with E-state index < -0.39 is 10.0 Å². The highest BCUT2D eigenvalue weighted by Crippen LogP contribution is 2.60. The van der Waals surface area contributed by atoms with Gasteiger partial charge in [-0.05, 0) is 80.5 Å². The molecule has 0 aliphatic heterocycles. The number of nitrogens with one attached hydrogen (secondary N) is 1. The standard InChI is InChI=1S/C22H30N2O6S/c23-31(27,28)19-3-1-18(2-4-19)29-7-8-30-20(25)5-6-24-21(26)22-12-15-9-16(13-22)11-17(10-15)14-22/h1-4,15-17H,5-14H2,(H,24,26)(H2,23,27,28). The number of nitrogens with two attached hydrogens (primary N) is 1. The van der Waals surface area contributed by atoms with Gasteiger partial charge in [0, 0.05) is 12.0 Å². The van der Waals surface area contributed by atoms with Gasteiger partial charge in [-0.15, -0.1) is 0 Å². The SMILES string of the molecule is NS(=O)(=O)c1ccc(OCCOC(=O)CCNC(=O)C23CC4CC(CC(C4)C2)C3)cc1. The Hall–Kier alpha value is -2.13. The summed E-state index contributed by atoms with van der Waals surface area (Å²) in [5, 5.41) is 8.02. The number of esters is 1. The molecule has 4 fully saturated rings. The van der Waals surface area contributed by atoms with Crippen molar-refractivity contribution in [2.24, 2.45) is 28.3 Å². The number of rotatable bonds is 9. The fourth-order valence-electron chi connectivity index (χ4n) is 5.97. The maximum absolute atomic E-state index is 12.9. The minimum absolute atomic E-state index is 0.00173. The second kappa shape index (κ2) is 8.78. The summed E-state index contributed by atoms with van der Waals surface area (Å²) in [4.78, 5) is 24.8. The van der Waals surface area contributed by atoms with Gasteiger partial charge in [0.2, 0.25) is 15.9 Å². The number of amides is 1. The quantitative estimate of drug-likeness (QED) is 0.438. The third-order valence-electron chi connectivity index (χ3n) is 6.90. The second-order valence-corrected chi connectivity index (χ2v) is 10.9. The predicted octanol–water partition coefficient (Wildman–Crippen LogP) is 1.98. The lowest BCUT2D eigenvalue weighted by molar-refractivity contribution is -0.147. The maximum atomic E-state index is 12.9. The first-order valence-electron chi connectivity index (χ1n) is 10.9. The molecule has 8 nitrogen and oxygen atoms in total. The van der Waals surface area contributed by atoms with E-state index in [1.807, 2.05) is 0 Å². The monoisotopic (exact) mass is 450 g/mol. The minimum Gasteiger partial charge on any atom is -0.490 e. The van der Waals surface area contributed by atoms with Gasteiger partial charge in [-0.25, -0.2) is 13.6 Å². The number of benzene rings is 1. The van der Waals surface area contributed by atoms with Crippen molar-refractivity contribution in [1.29, 1.82) is 0 Å². The van der Waals surface area contributed by atoms with Crippen LogP contribution in [0.1, 0.15) is 44.9 Å². The Bertz CT molecular complexity index is 893. The molecule has 0 unspecified atom stereocenters. The molecule has 4 aliphatic carbocycles. The van der Waals surface area contributed by atoms with E-state index in [0.717, 1.165) is 19.3 Å². The fraction of sp³-hybridized carbons (Fsp3) is 0.636. The van der Waals surface area contributed by atoms with E-state index in [-0.39, 0.29) is 48.4 Å². The Morgan fingerprint density at radius 2 is 1.58 bits per heavy atom. The Morgan fingerprint density at radius 3 is 2.13 bits per heavy atom. The topological polar surface area (TPSA) is 125 Å².